The van der Waals surface area contributed by atoms with Crippen LogP contribution in [0.2, 0.25) is 13.1 Å². The van der Waals surface area contributed by atoms with Gasteiger partial charge in [-0.25, -0.2) is 0 Å². The van der Waals surface area contributed by atoms with Crippen LogP contribution in [-0.4, -0.2) is 13.4 Å². The molecular formula is C48H36NSi. The Morgan fingerprint density at radius 3 is 2.16 bits per heavy atom. The van der Waals surface area contributed by atoms with E-state index in [2.05, 4.69) is 189 Å². The Kier molecular flexibility index (Phi) is 6.12. The van der Waals surface area contributed by atoms with Crippen LogP contribution >= 0.6 is 0 Å². The van der Waals surface area contributed by atoms with Gasteiger partial charge in [0.1, 0.15) is 0 Å². The average Bonchev–Trinajstić information content (AvgIpc) is 3.61. The lowest BCUT2D eigenvalue weighted by Crippen LogP contribution is -2.42. The van der Waals surface area contributed by atoms with Gasteiger partial charge >= 0.3 is 0 Å². The number of benzene rings is 6. The monoisotopic (exact) mass is 654 g/mol. The zero-order chi connectivity index (χ0) is 33.8. The lowest BCUT2D eigenvalue weighted by Gasteiger charge is -2.42. The molecule has 0 saturated carbocycles. The van der Waals surface area contributed by atoms with E-state index in [1.165, 1.54) is 88.3 Å². The SMILES string of the molecule is C[Si](C)c1ccc#cc1C1(c2cccc(-c3ccc4c(c3)C(C)(C)c3ccccc3-4)c2)c2ccccc2-n2c3ccccc3c3cccc1c32. The molecule has 1 aliphatic carbocycles. The summed E-state index contributed by atoms with van der Waals surface area (Å²) < 4.78 is 2.51. The minimum Gasteiger partial charge on any atom is -0.309 e. The van der Waals surface area contributed by atoms with Crippen molar-refractivity contribution in [2.75, 3.05) is 0 Å². The molecule has 0 saturated heterocycles. The molecule has 10 rings (SSSR count). The molecule has 2 heteroatoms. The van der Waals surface area contributed by atoms with Crippen LogP contribution < -0.4 is 5.19 Å². The molecule has 0 fully saturated rings. The summed E-state index contributed by atoms with van der Waals surface area (Å²) in [6.45, 7) is 9.53. The van der Waals surface area contributed by atoms with Crippen molar-refractivity contribution in [2.45, 2.75) is 37.8 Å². The van der Waals surface area contributed by atoms with Gasteiger partial charge < -0.3 is 4.57 Å². The van der Waals surface area contributed by atoms with Gasteiger partial charge in [-0.3, -0.25) is 0 Å². The molecule has 0 spiro atoms. The van der Waals surface area contributed by atoms with Crippen LogP contribution in [0.4, 0.5) is 0 Å². The van der Waals surface area contributed by atoms with E-state index in [-0.39, 0.29) is 5.41 Å². The highest BCUT2D eigenvalue weighted by atomic mass is 28.3. The third kappa shape index (κ3) is 3.73. The molecule has 2 aliphatic rings. The molecule has 1 aromatic heterocycles. The van der Waals surface area contributed by atoms with E-state index in [1.54, 1.807) is 0 Å². The first kappa shape index (κ1) is 29.3. The molecule has 1 nitrogen and oxygen atoms in total. The Bertz CT molecular complexity index is 2670. The Morgan fingerprint density at radius 1 is 0.580 bits per heavy atom. The topological polar surface area (TPSA) is 4.93 Å². The van der Waals surface area contributed by atoms with Gasteiger partial charge in [0, 0.05) is 21.8 Å². The third-order valence-electron chi connectivity index (χ3n) is 11.6. The summed E-state index contributed by atoms with van der Waals surface area (Å²) in [4.78, 5) is 0. The van der Waals surface area contributed by atoms with Crippen molar-refractivity contribution < 1.29 is 0 Å². The molecule has 1 atom stereocenters. The minimum atomic E-state index is -0.871. The number of hydrogen-bond acceptors (Lipinski definition) is 0. The van der Waals surface area contributed by atoms with Crippen LogP contribution in [0.25, 0.3) is 49.7 Å². The predicted molar refractivity (Wildman–Crippen MR) is 210 cm³/mol. The van der Waals surface area contributed by atoms with Gasteiger partial charge in [0.2, 0.25) is 0 Å². The zero-order valence-corrected chi connectivity index (χ0v) is 29.8. The normalized spacial score (nSPS) is 16.7. The van der Waals surface area contributed by atoms with Crippen molar-refractivity contribution >= 4 is 35.8 Å². The number of nitrogens with zero attached hydrogens (tertiary/aromatic N) is 1. The Morgan fingerprint density at radius 2 is 1.28 bits per heavy atom. The van der Waals surface area contributed by atoms with Crippen molar-refractivity contribution in [3.8, 4) is 27.9 Å². The molecule has 0 amide bonds. The van der Waals surface area contributed by atoms with Crippen LogP contribution in [0.15, 0.2) is 146 Å². The van der Waals surface area contributed by atoms with E-state index < -0.39 is 14.2 Å². The number of fused-ring (bicyclic) bond motifs is 8. The molecule has 50 heavy (non-hydrogen) atoms. The average molecular weight is 655 g/mol. The highest BCUT2D eigenvalue weighted by Crippen LogP contribution is 2.54. The predicted octanol–water partition coefficient (Wildman–Crippen LogP) is 11.0. The first-order chi connectivity index (χ1) is 24.4. The van der Waals surface area contributed by atoms with Crippen LogP contribution in [-0.2, 0) is 10.8 Å². The first-order valence-electron chi connectivity index (χ1n) is 17.6. The molecule has 0 N–H and O–H groups in total. The Labute approximate surface area is 296 Å². The molecular weight excluding hydrogens is 619 g/mol. The minimum absolute atomic E-state index is 0.0590. The van der Waals surface area contributed by atoms with Gasteiger partial charge in [-0.05, 0) is 85.6 Å². The van der Waals surface area contributed by atoms with Gasteiger partial charge in [-0.2, -0.15) is 0 Å². The summed E-state index contributed by atoms with van der Waals surface area (Å²) in [6, 6.07) is 61.8. The smallest absolute Gasteiger partial charge is 0.0820 e. The molecule has 2 heterocycles. The fourth-order valence-corrected chi connectivity index (χ4v) is 10.5. The molecule has 0 bridgehead atoms. The van der Waals surface area contributed by atoms with Gasteiger partial charge in [0.15, 0.2) is 0 Å². The largest absolute Gasteiger partial charge is 0.309 e. The summed E-state index contributed by atoms with van der Waals surface area (Å²) >= 11 is 0. The Balaban J connectivity index is 1.30. The quantitative estimate of drug-likeness (QED) is 0.166. The summed E-state index contributed by atoms with van der Waals surface area (Å²) in [5.74, 6) is 0. The first-order valence-corrected chi connectivity index (χ1v) is 20.1. The zero-order valence-electron chi connectivity index (χ0n) is 28.8. The van der Waals surface area contributed by atoms with Crippen molar-refractivity contribution in [1.82, 2.24) is 4.57 Å². The van der Waals surface area contributed by atoms with Gasteiger partial charge in [0.25, 0.3) is 0 Å². The van der Waals surface area contributed by atoms with E-state index in [9.17, 15) is 0 Å². The van der Waals surface area contributed by atoms with Gasteiger partial charge in [0.05, 0.1) is 30.9 Å². The second kappa shape index (κ2) is 10.4. The molecule has 7 aromatic carbocycles. The fourth-order valence-electron chi connectivity index (χ4n) is 9.34. The Hall–Kier alpha value is -5.62. The van der Waals surface area contributed by atoms with Crippen LogP contribution in [0.1, 0.15) is 47.2 Å². The second-order valence-corrected chi connectivity index (χ2v) is 17.3. The standard InChI is InChI=1S/C48H36NSi/c1-47(2)38-20-7-5-17-34(38)35-28-27-32(30-42(35)47)31-15-13-16-33(29-31)48(40-22-9-12-26-45(40)50(3)4)39-21-8-11-25-44(39)49-43-24-10-6-18-36(43)37-19-14-23-41(48)46(37)49/h5-8,10-21,23-30H,1-4H3. The number of para-hydroxylation sites is 3. The number of rotatable bonds is 4. The highest BCUT2D eigenvalue weighted by Gasteiger charge is 2.47. The summed E-state index contributed by atoms with van der Waals surface area (Å²) in [6.07, 6.45) is 0. The molecule has 237 valence electrons. The summed E-state index contributed by atoms with van der Waals surface area (Å²) in [5, 5.41) is 3.96. The van der Waals surface area contributed by atoms with E-state index in [1.807, 2.05) is 0 Å². The number of hydrogen-bond donors (Lipinski definition) is 0. The maximum Gasteiger partial charge on any atom is 0.0820 e. The lowest BCUT2D eigenvalue weighted by molar-refractivity contribution is 0.660. The maximum atomic E-state index is 3.78. The molecule has 1 unspecified atom stereocenters. The highest BCUT2D eigenvalue weighted by molar-refractivity contribution is 6.71. The van der Waals surface area contributed by atoms with Crippen molar-refractivity contribution in [1.29, 1.82) is 0 Å². The summed E-state index contributed by atoms with van der Waals surface area (Å²) in [5.41, 5.74) is 16.1. The van der Waals surface area contributed by atoms with Crippen LogP contribution in [0.3, 0.4) is 0 Å². The third-order valence-corrected chi connectivity index (χ3v) is 13.1. The summed E-state index contributed by atoms with van der Waals surface area (Å²) in [7, 11) is -0.871. The molecule has 1 radical (unpaired) electrons. The van der Waals surface area contributed by atoms with Crippen molar-refractivity contribution in [3.63, 3.8) is 0 Å². The van der Waals surface area contributed by atoms with Gasteiger partial charge in [-0.1, -0.05) is 154 Å². The molecule has 1 aliphatic heterocycles. The molecule has 8 aromatic rings. The van der Waals surface area contributed by atoms with E-state index in [0.717, 1.165) is 0 Å². The van der Waals surface area contributed by atoms with Crippen LogP contribution in [0, 0.1) is 12.1 Å². The lowest BCUT2D eigenvalue weighted by atomic mass is 9.63. The van der Waals surface area contributed by atoms with E-state index in [4.69, 9.17) is 0 Å². The van der Waals surface area contributed by atoms with Crippen molar-refractivity contribution in [2.24, 2.45) is 0 Å². The van der Waals surface area contributed by atoms with Gasteiger partial charge in [-0.15, -0.1) is 0 Å². The fraction of sp³-hybridized carbons (Fsp3) is 0.125. The van der Waals surface area contributed by atoms with E-state index >= 15 is 0 Å². The number of aromatic nitrogens is 1. The van der Waals surface area contributed by atoms with E-state index in [0.29, 0.717) is 0 Å². The van der Waals surface area contributed by atoms with Crippen molar-refractivity contribution in [3.05, 3.63) is 191 Å². The maximum absolute atomic E-state index is 3.78. The van der Waals surface area contributed by atoms with Crippen LogP contribution in [0.5, 0.6) is 0 Å². The second-order valence-electron chi connectivity index (χ2n) is 14.7.